The fourth-order valence-electron chi connectivity index (χ4n) is 1.14. The van der Waals surface area contributed by atoms with Crippen molar-refractivity contribution in [2.45, 2.75) is 33.2 Å². The van der Waals surface area contributed by atoms with E-state index in [2.05, 4.69) is 10.6 Å². The van der Waals surface area contributed by atoms with Crippen molar-refractivity contribution < 1.29 is 19.4 Å². The maximum Gasteiger partial charge on any atom is 0.315 e. The SMILES string of the molecule is CCOCC(C)NC(=O)NCCC(C)C(=O)O. The van der Waals surface area contributed by atoms with Gasteiger partial charge in [-0.2, -0.15) is 0 Å². The minimum atomic E-state index is -0.850. The van der Waals surface area contributed by atoms with Crippen LogP contribution in [0.4, 0.5) is 4.79 Å². The molecular formula is C11H22N2O4. The van der Waals surface area contributed by atoms with Gasteiger partial charge in [0.15, 0.2) is 0 Å². The molecule has 2 amide bonds. The summed E-state index contributed by atoms with van der Waals surface area (Å²) in [4.78, 5) is 21.9. The number of hydrogen-bond donors (Lipinski definition) is 3. The molecule has 0 aromatic heterocycles. The number of aliphatic carboxylic acids is 1. The van der Waals surface area contributed by atoms with Crippen LogP contribution in [0.2, 0.25) is 0 Å². The van der Waals surface area contributed by atoms with Gasteiger partial charge < -0.3 is 20.5 Å². The van der Waals surface area contributed by atoms with Crippen molar-refractivity contribution in [2.75, 3.05) is 19.8 Å². The normalized spacial score (nSPS) is 13.8. The van der Waals surface area contributed by atoms with Gasteiger partial charge in [-0.1, -0.05) is 6.92 Å². The fraction of sp³-hybridized carbons (Fsp3) is 0.818. The highest BCUT2D eigenvalue weighted by Crippen LogP contribution is 1.99. The smallest absolute Gasteiger partial charge is 0.315 e. The lowest BCUT2D eigenvalue weighted by atomic mass is 10.1. The summed E-state index contributed by atoms with van der Waals surface area (Å²) >= 11 is 0. The van der Waals surface area contributed by atoms with Crippen molar-refractivity contribution in [1.82, 2.24) is 10.6 Å². The standard InChI is InChI=1S/C11H22N2O4/c1-4-17-7-9(3)13-11(16)12-6-5-8(2)10(14)15/h8-9H,4-7H2,1-3H3,(H,14,15)(H2,12,13,16). The molecule has 3 N–H and O–H groups in total. The van der Waals surface area contributed by atoms with E-state index in [4.69, 9.17) is 9.84 Å². The van der Waals surface area contributed by atoms with Crippen LogP contribution >= 0.6 is 0 Å². The number of carbonyl (C=O) groups excluding carboxylic acids is 1. The summed E-state index contributed by atoms with van der Waals surface area (Å²) in [5, 5.41) is 13.9. The molecule has 6 nitrogen and oxygen atoms in total. The third kappa shape index (κ3) is 8.50. The molecular weight excluding hydrogens is 224 g/mol. The largest absolute Gasteiger partial charge is 0.481 e. The Labute approximate surface area is 102 Å². The quantitative estimate of drug-likeness (QED) is 0.591. The van der Waals surface area contributed by atoms with Gasteiger partial charge in [0.25, 0.3) is 0 Å². The summed E-state index contributed by atoms with van der Waals surface area (Å²) in [6.45, 7) is 6.77. The molecule has 0 aliphatic rings. The highest BCUT2D eigenvalue weighted by atomic mass is 16.5. The number of ether oxygens (including phenoxy) is 1. The minimum Gasteiger partial charge on any atom is -0.481 e. The van der Waals surface area contributed by atoms with E-state index < -0.39 is 11.9 Å². The predicted molar refractivity (Wildman–Crippen MR) is 63.9 cm³/mol. The zero-order chi connectivity index (χ0) is 13.3. The number of carboxylic acids is 1. The van der Waals surface area contributed by atoms with E-state index in [1.54, 1.807) is 6.92 Å². The number of carboxylic acid groups (broad SMARTS) is 1. The first-order valence-electron chi connectivity index (χ1n) is 5.82. The van der Waals surface area contributed by atoms with Crippen molar-refractivity contribution in [1.29, 1.82) is 0 Å². The van der Waals surface area contributed by atoms with Crippen LogP contribution in [-0.2, 0) is 9.53 Å². The van der Waals surface area contributed by atoms with Gasteiger partial charge in [-0.05, 0) is 20.3 Å². The zero-order valence-electron chi connectivity index (χ0n) is 10.7. The molecule has 0 spiro atoms. The molecule has 0 bridgehead atoms. The molecule has 17 heavy (non-hydrogen) atoms. The van der Waals surface area contributed by atoms with E-state index in [1.807, 2.05) is 13.8 Å². The summed E-state index contributed by atoms with van der Waals surface area (Å²) in [6, 6.07) is -0.360. The van der Waals surface area contributed by atoms with Crippen molar-refractivity contribution in [3.05, 3.63) is 0 Å². The first-order valence-corrected chi connectivity index (χ1v) is 5.82. The molecule has 0 radical (unpaired) electrons. The van der Waals surface area contributed by atoms with Crippen LogP contribution in [0, 0.1) is 5.92 Å². The number of hydrogen-bond acceptors (Lipinski definition) is 3. The number of rotatable bonds is 8. The topological polar surface area (TPSA) is 87.7 Å². The number of carbonyl (C=O) groups is 2. The summed E-state index contributed by atoms with van der Waals surface area (Å²) < 4.78 is 5.15. The van der Waals surface area contributed by atoms with Crippen LogP contribution in [0.5, 0.6) is 0 Å². The van der Waals surface area contributed by atoms with Gasteiger partial charge in [-0.3, -0.25) is 4.79 Å². The number of urea groups is 1. The molecule has 0 saturated carbocycles. The van der Waals surface area contributed by atoms with Crippen molar-refractivity contribution >= 4 is 12.0 Å². The van der Waals surface area contributed by atoms with Gasteiger partial charge in [0.1, 0.15) is 0 Å². The molecule has 0 rings (SSSR count). The third-order valence-electron chi connectivity index (χ3n) is 2.23. The minimum absolute atomic E-state index is 0.0631. The fourth-order valence-corrected chi connectivity index (χ4v) is 1.14. The molecule has 0 aromatic carbocycles. The number of amides is 2. The van der Waals surface area contributed by atoms with E-state index in [0.717, 1.165) is 0 Å². The van der Waals surface area contributed by atoms with E-state index in [-0.39, 0.29) is 12.1 Å². The van der Waals surface area contributed by atoms with E-state index in [9.17, 15) is 9.59 Å². The summed E-state index contributed by atoms with van der Waals surface area (Å²) in [6.07, 6.45) is 0.419. The van der Waals surface area contributed by atoms with E-state index in [0.29, 0.717) is 26.2 Å². The van der Waals surface area contributed by atoms with Gasteiger partial charge in [0.05, 0.1) is 18.6 Å². The molecule has 0 aromatic rings. The second-order valence-corrected chi connectivity index (χ2v) is 3.99. The molecule has 0 aliphatic carbocycles. The highest BCUT2D eigenvalue weighted by molar-refractivity contribution is 5.74. The Bertz CT molecular complexity index is 246. The zero-order valence-corrected chi connectivity index (χ0v) is 10.7. The van der Waals surface area contributed by atoms with E-state index >= 15 is 0 Å². The van der Waals surface area contributed by atoms with E-state index in [1.165, 1.54) is 0 Å². The average Bonchev–Trinajstić information content (AvgIpc) is 2.25. The van der Waals surface area contributed by atoms with Gasteiger partial charge in [0, 0.05) is 13.2 Å². The monoisotopic (exact) mass is 246 g/mol. The molecule has 2 unspecified atom stereocenters. The Morgan fingerprint density at radius 2 is 2.00 bits per heavy atom. The molecule has 0 saturated heterocycles. The lowest BCUT2D eigenvalue weighted by Gasteiger charge is -2.14. The van der Waals surface area contributed by atoms with Crippen LogP contribution in [-0.4, -0.2) is 42.9 Å². The molecule has 0 aliphatic heterocycles. The van der Waals surface area contributed by atoms with Gasteiger partial charge in [-0.15, -0.1) is 0 Å². The van der Waals surface area contributed by atoms with Crippen LogP contribution < -0.4 is 10.6 Å². The molecule has 0 fully saturated rings. The summed E-state index contributed by atoms with van der Waals surface area (Å²) in [5.41, 5.74) is 0. The Morgan fingerprint density at radius 3 is 2.53 bits per heavy atom. The first kappa shape index (κ1) is 15.7. The maximum atomic E-state index is 11.3. The van der Waals surface area contributed by atoms with Gasteiger partial charge >= 0.3 is 12.0 Å². The summed E-state index contributed by atoms with van der Waals surface area (Å²) in [7, 11) is 0. The Morgan fingerprint density at radius 1 is 1.35 bits per heavy atom. The summed E-state index contributed by atoms with van der Waals surface area (Å²) in [5.74, 6) is -1.30. The molecule has 6 heteroatoms. The average molecular weight is 246 g/mol. The molecule has 2 atom stereocenters. The van der Waals surface area contributed by atoms with Crippen LogP contribution in [0.1, 0.15) is 27.2 Å². The van der Waals surface area contributed by atoms with Crippen molar-refractivity contribution in [3.8, 4) is 0 Å². The van der Waals surface area contributed by atoms with Crippen LogP contribution in [0.25, 0.3) is 0 Å². The lowest BCUT2D eigenvalue weighted by Crippen LogP contribution is -2.43. The van der Waals surface area contributed by atoms with Crippen molar-refractivity contribution in [2.24, 2.45) is 5.92 Å². The van der Waals surface area contributed by atoms with Gasteiger partial charge in [0.2, 0.25) is 0 Å². The second-order valence-electron chi connectivity index (χ2n) is 3.99. The van der Waals surface area contributed by atoms with Gasteiger partial charge in [-0.25, -0.2) is 4.79 Å². The predicted octanol–water partition coefficient (Wildman–Crippen LogP) is 0.821. The molecule has 0 heterocycles. The van der Waals surface area contributed by atoms with Crippen molar-refractivity contribution in [3.63, 3.8) is 0 Å². The number of nitrogens with one attached hydrogen (secondary N) is 2. The Hall–Kier alpha value is -1.30. The molecule has 100 valence electrons. The van der Waals surface area contributed by atoms with Crippen LogP contribution in [0.3, 0.4) is 0 Å². The maximum absolute atomic E-state index is 11.3. The second kappa shape index (κ2) is 8.81. The first-order chi connectivity index (χ1) is 7.97. The van der Waals surface area contributed by atoms with Crippen LogP contribution in [0.15, 0.2) is 0 Å². The Balaban J connectivity index is 3.62. The third-order valence-corrected chi connectivity index (χ3v) is 2.23. The Kier molecular flexibility index (Phi) is 8.13. The lowest BCUT2D eigenvalue weighted by molar-refractivity contribution is -0.141. The highest BCUT2D eigenvalue weighted by Gasteiger charge is 2.11.